The second-order valence-corrected chi connectivity index (χ2v) is 8.27. The van der Waals surface area contributed by atoms with E-state index in [1.807, 2.05) is 0 Å². The van der Waals surface area contributed by atoms with E-state index in [0.717, 1.165) is 6.42 Å². The van der Waals surface area contributed by atoms with Crippen molar-refractivity contribution in [2.45, 2.75) is 12.7 Å². The fourth-order valence-electron chi connectivity index (χ4n) is 3.14. The van der Waals surface area contributed by atoms with E-state index in [1.165, 1.54) is 21.5 Å². The van der Waals surface area contributed by atoms with Gasteiger partial charge in [-0.25, -0.2) is 0 Å². The Labute approximate surface area is 150 Å². The molecule has 25 heavy (non-hydrogen) atoms. The minimum absolute atomic E-state index is 0.102. The summed E-state index contributed by atoms with van der Waals surface area (Å²) in [4.78, 5) is 0. The van der Waals surface area contributed by atoms with E-state index < -0.39 is 7.92 Å². The van der Waals surface area contributed by atoms with Crippen LogP contribution in [0.2, 0.25) is 0 Å². The van der Waals surface area contributed by atoms with E-state index >= 15 is 0 Å². The van der Waals surface area contributed by atoms with E-state index in [4.69, 9.17) is 9.47 Å². The second-order valence-electron chi connectivity index (χ2n) is 6.05. The number of rotatable bonds is 5. The van der Waals surface area contributed by atoms with Gasteiger partial charge in [0.05, 0.1) is 13.2 Å². The molecule has 0 spiro atoms. The standard InChI is InChI=1S/C22H21O2P/c1-3-9-19(10-4-1)25(20-11-5-2-6-12-20)21-13-7-8-18(16-21)17-22-23-14-15-24-22/h1-13,16,22H,14-15,17H2. The lowest BCUT2D eigenvalue weighted by Gasteiger charge is -2.20. The first kappa shape index (κ1) is 16.5. The minimum Gasteiger partial charge on any atom is -0.350 e. The van der Waals surface area contributed by atoms with Crippen molar-refractivity contribution in [2.24, 2.45) is 0 Å². The zero-order chi connectivity index (χ0) is 16.9. The average Bonchev–Trinajstić information content (AvgIpc) is 3.17. The van der Waals surface area contributed by atoms with Crippen molar-refractivity contribution in [1.82, 2.24) is 0 Å². The monoisotopic (exact) mass is 348 g/mol. The maximum atomic E-state index is 5.61. The maximum Gasteiger partial charge on any atom is 0.161 e. The van der Waals surface area contributed by atoms with Crippen molar-refractivity contribution in [2.75, 3.05) is 13.2 Å². The summed E-state index contributed by atoms with van der Waals surface area (Å²) in [7, 11) is -0.562. The van der Waals surface area contributed by atoms with Gasteiger partial charge in [0.25, 0.3) is 0 Å². The molecule has 0 radical (unpaired) electrons. The molecule has 1 saturated heterocycles. The average molecular weight is 348 g/mol. The molecular formula is C22H21O2P. The largest absolute Gasteiger partial charge is 0.350 e. The van der Waals surface area contributed by atoms with Crippen LogP contribution in [0.1, 0.15) is 5.56 Å². The number of benzene rings is 3. The predicted molar refractivity (Wildman–Crippen MR) is 105 cm³/mol. The first-order chi connectivity index (χ1) is 12.4. The van der Waals surface area contributed by atoms with Crippen LogP contribution in [-0.2, 0) is 15.9 Å². The zero-order valence-electron chi connectivity index (χ0n) is 14.0. The summed E-state index contributed by atoms with van der Waals surface area (Å²) in [6.45, 7) is 1.40. The topological polar surface area (TPSA) is 18.5 Å². The summed E-state index contributed by atoms with van der Waals surface area (Å²) in [5.74, 6) is 0. The Hall–Kier alpha value is -1.99. The SMILES string of the molecule is c1ccc(P(c2ccccc2)c2cccc(CC3OCCO3)c2)cc1. The highest BCUT2D eigenvalue weighted by Crippen LogP contribution is 2.32. The van der Waals surface area contributed by atoms with Crippen molar-refractivity contribution in [3.63, 3.8) is 0 Å². The molecule has 1 aliphatic heterocycles. The van der Waals surface area contributed by atoms with E-state index in [9.17, 15) is 0 Å². The molecule has 3 aromatic carbocycles. The Bertz CT molecular complexity index is 759. The fraction of sp³-hybridized carbons (Fsp3) is 0.182. The highest BCUT2D eigenvalue weighted by atomic mass is 31.1. The highest BCUT2D eigenvalue weighted by molar-refractivity contribution is 7.79. The summed E-state index contributed by atoms with van der Waals surface area (Å²) < 4.78 is 11.2. The highest BCUT2D eigenvalue weighted by Gasteiger charge is 2.19. The van der Waals surface area contributed by atoms with Crippen LogP contribution in [0.15, 0.2) is 84.9 Å². The third-order valence-electron chi connectivity index (χ3n) is 4.29. The summed E-state index contributed by atoms with van der Waals surface area (Å²) in [5, 5.41) is 4.10. The summed E-state index contributed by atoms with van der Waals surface area (Å²) in [6, 6.07) is 30.4. The molecule has 0 unspecified atom stereocenters. The van der Waals surface area contributed by atoms with Gasteiger partial charge >= 0.3 is 0 Å². The summed E-state index contributed by atoms with van der Waals surface area (Å²) in [5.41, 5.74) is 1.27. The third-order valence-corrected chi connectivity index (χ3v) is 6.71. The maximum absolute atomic E-state index is 5.61. The molecule has 2 nitrogen and oxygen atoms in total. The molecule has 0 atom stereocenters. The van der Waals surface area contributed by atoms with Crippen molar-refractivity contribution >= 4 is 23.8 Å². The molecule has 0 bridgehead atoms. The van der Waals surface area contributed by atoms with E-state index in [1.54, 1.807) is 0 Å². The minimum atomic E-state index is -0.562. The second kappa shape index (κ2) is 7.93. The van der Waals surface area contributed by atoms with Crippen LogP contribution in [0.25, 0.3) is 0 Å². The lowest BCUT2D eigenvalue weighted by atomic mass is 10.1. The Kier molecular flexibility index (Phi) is 5.22. The van der Waals surface area contributed by atoms with Gasteiger partial charge in [-0.1, -0.05) is 84.9 Å². The molecule has 3 aromatic rings. The first-order valence-corrected chi connectivity index (χ1v) is 9.97. The van der Waals surface area contributed by atoms with Crippen LogP contribution < -0.4 is 15.9 Å². The van der Waals surface area contributed by atoms with E-state index in [2.05, 4.69) is 84.9 Å². The zero-order valence-corrected chi connectivity index (χ0v) is 14.9. The van der Waals surface area contributed by atoms with Crippen molar-refractivity contribution in [3.8, 4) is 0 Å². The Morgan fingerprint density at radius 1 is 0.680 bits per heavy atom. The molecule has 0 saturated carbocycles. The van der Waals surface area contributed by atoms with Gasteiger partial charge in [-0.3, -0.25) is 0 Å². The normalized spacial score (nSPS) is 14.9. The van der Waals surface area contributed by atoms with Gasteiger partial charge in [0.15, 0.2) is 6.29 Å². The molecule has 1 aliphatic rings. The van der Waals surface area contributed by atoms with E-state index in [-0.39, 0.29) is 6.29 Å². The van der Waals surface area contributed by atoms with Gasteiger partial charge < -0.3 is 9.47 Å². The quantitative estimate of drug-likeness (QED) is 0.659. The van der Waals surface area contributed by atoms with Crippen LogP contribution in [0.4, 0.5) is 0 Å². The first-order valence-electron chi connectivity index (χ1n) is 8.62. The van der Waals surface area contributed by atoms with E-state index in [0.29, 0.717) is 13.2 Å². The van der Waals surface area contributed by atoms with Gasteiger partial charge in [-0.05, 0) is 29.4 Å². The molecular weight excluding hydrogens is 327 g/mol. The van der Waals surface area contributed by atoms with Gasteiger partial charge in [-0.15, -0.1) is 0 Å². The Morgan fingerprint density at radius 3 is 1.84 bits per heavy atom. The molecule has 0 N–H and O–H groups in total. The lowest BCUT2D eigenvalue weighted by Crippen LogP contribution is -2.21. The molecule has 0 aliphatic carbocycles. The molecule has 4 rings (SSSR count). The molecule has 0 amide bonds. The van der Waals surface area contributed by atoms with Crippen molar-refractivity contribution in [1.29, 1.82) is 0 Å². The van der Waals surface area contributed by atoms with Crippen LogP contribution >= 0.6 is 7.92 Å². The van der Waals surface area contributed by atoms with Crippen molar-refractivity contribution in [3.05, 3.63) is 90.5 Å². The van der Waals surface area contributed by atoms with Gasteiger partial charge in [0, 0.05) is 6.42 Å². The Balaban J connectivity index is 1.70. The Morgan fingerprint density at radius 2 is 1.24 bits per heavy atom. The molecule has 126 valence electrons. The van der Waals surface area contributed by atoms with Crippen LogP contribution in [-0.4, -0.2) is 19.5 Å². The number of hydrogen-bond donors (Lipinski definition) is 0. The van der Waals surface area contributed by atoms with Crippen LogP contribution in [0.3, 0.4) is 0 Å². The molecule has 1 fully saturated rings. The van der Waals surface area contributed by atoms with Crippen LogP contribution in [0, 0.1) is 0 Å². The van der Waals surface area contributed by atoms with Gasteiger partial charge in [0.2, 0.25) is 0 Å². The molecule has 3 heteroatoms. The summed E-state index contributed by atoms with van der Waals surface area (Å²) >= 11 is 0. The van der Waals surface area contributed by atoms with Gasteiger partial charge in [-0.2, -0.15) is 0 Å². The van der Waals surface area contributed by atoms with Gasteiger partial charge in [0.1, 0.15) is 0 Å². The van der Waals surface area contributed by atoms with Crippen molar-refractivity contribution < 1.29 is 9.47 Å². The number of ether oxygens (including phenoxy) is 2. The predicted octanol–water partition coefficient (Wildman–Crippen LogP) is 3.36. The third kappa shape index (κ3) is 3.99. The fourth-order valence-corrected chi connectivity index (χ4v) is 5.51. The molecule has 0 aromatic heterocycles. The lowest BCUT2D eigenvalue weighted by molar-refractivity contribution is -0.0399. The smallest absolute Gasteiger partial charge is 0.161 e. The molecule has 1 heterocycles. The van der Waals surface area contributed by atoms with Crippen LogP contribution in [0.5, 0.6) is 0 Å². The number of hydrogen-bond acceptors (Lipinski definition) is 2. The summed E-state index contributed by atoms with van der Waals surface area (Å²) in [6.07, 6.45) is 0.704.